The number of H-pyrrole nitrogens is 1. The SMILES string of the molecule is CCCNC(=O)N1CCc2c([nH]c3ccccc23)[C@]12C(=O)N(CCC)c1ccc(Br)cc12. The fraction of sp³-hybridized carbons (Fsp3) is 0.360. The summed E-state index contributed by atoms with van der Waals surface area (Å²) in [6, 6.07) is 13.9. The number of halogens is 1. The number of aromatic amines is 1. The quantitative estimate of drug-likeness (QED) is 0.540. The van der Waals surface area contributed by atoms with E-state index < -0.39 is 5.54 Å². The maximum atomic E-state index is 14.3. The maximum absolute atomic E-state index is 14.3. The number of nitrogens with zero attached hydrogens (tertiary/aromatic N) is 2. The van der Waals surface area contributed by atoms with Gasteiger partial charge in [-0.3, -0.25) is 4.79 Å². The van der Waals surface area contributed by atoms with Crippen LogP contribution < -0.4 is 10.2 Å². The summed E-state index contributed by atoms with van der Waals surface area (Å²) in [4.78, 5) is 35.0. The molecule has 7 heteroatoms. The number of carbonyl (C=O) groups excluding carboxylic acids is 2. The van der Waals surface area contributed by atoms with Gasteiger partial charge in [-0.1, -0.05) is 48.0 Å². The first-order chi connectivity index (χ1) is 15.5. The van der Waals surface area contributed by atoms with Gasteiger partial charge in [0, 0.05) is 40.6 Å². The van der Waals surface area contributed by atoms with E-state index >= 15 is 0 Å². The number of rotatable bonds is 4. The zero-order valence-corrected chi connectivity index (χ0v) is 20.0. The number of benzene rings is 2. The highest BCUT2D eigenvalue weighted by Gasteiger charge is 2.60. The van der Waals surface area contributed by atoms with E-state index in [4.69, 9.17) is 0 Å². The van der Waals surface area contributed by atoms with Gasteiger partial charge >= 0.3 is 6.03 Å². The standard InChI is InChI=1S/C25H27BrN4O2/c1-3-12-27-24(32)30-14-11-18-17-7-5-6-8-20(17)28-22(18)25(30)19-15-16(26)9-10-21(19)29(13-4-2)23(25)31/h5-10,15,28H,3-4,11-14H2,1-2H3,(H,27,32)/t25-/m1/s1. The van der Waals surface area contributed by atoms with Crippen LogP contribution in [0.1, 0.15) is 43.5 Å². The molecule has 0 fully saturated rings. The summed E-state index contributed by atoms with van der Waals surface area (Å²) in [5.74, 6) is -0.0633. The summed E-state index contributed by atoms with van der Waals surface area (Å²) in [6.07, 6.45) is 2.37. The summed E-state index contributed by atoms with van der Waals surface area (Å²) in [6.45, 7) is 5.75. The number of carbonyl (C=O) groups is 2. The Morgan fingerprint density at radius 3 is 2.78 bits per heavy atom. The van der Waals surface area contributed by atoms with Gasteiger partial charge in [0.25, 0.3) is 5.91 Å². The van der Waals surface area contributed by atoms with Crippen molar-refractivity contribution in [2.45, 2.75) is 38.6 Å². The first-order valence-electron chi connectivity index (χ1n) is 11.3. The van der Waals surface area contributed by atoms with Crippen LogP contribution in [0.15, 0.2) is 46.9 Å². The van der Waals surface area contributed by atoms with E-state index in [1.54, 1.807) is 4.90 Å². The minimum absolute atomic E-state index is 0.0633. The third kappa shape index (κ3) is 2.83. The Bertz CT molecular complexity index is 1220. The molecule has 3 aromatic rings. The fourth-order valence-corrected chi connectivity index (χ4v) is 5.64. The predicted molar refractivity (Wildman–Crippen MR) is 130 cm³/mol. The van der Waals surface area contributed by atoms with E-state index in [9.17, 15) is 9.59 Å². The molecule has 166 valence electrons. The number of anilines is 1. The summed E-state index contributed by atoms with van der Waals surface area (Å²) in [5.41, 5.74) is 3.45. The Kier molecular flexibility index (Phi) is 5.24. The molecule has 2 aromatic carbocycles. The molecular formula is C25H27BrN4O2. The molecule has 2 aliphatic rings. The molecule has 32 heavy (non-hydrogen) atoms. The van der Waals surface area contributed by atoms with Crippen molar-refractivity contribution >= 4 is 44.5 Å². The summed E-state index contributed by atoms with van der Waals surface area (Å²) < 4.78 is 0.888. The molecule has 1 aromatic heterocycles. The molecule has 0 saturated heterocycles. The molecule has 1 atom stereocenters. The summed E-state index contributed by atoms with van der Waals surface area (Å²) in [5, 5.41) is 4.14. The Labute approximate surface area is 196 Å². The van der Waals surface area contributed by atoms with Crippen molar-refractivity contribution in [1.82, 2.24) is 15.2 Å². The van der Waals surface area contributed by atoms with E-state index in [0.29, 0.717) is 26.1 Å². The molecule has 1 spiro atoms. The van der Waals surface area contributed by atoms with Crippen molar-refractivity contribution in [1.29, 1.82) is 0 Å². The van der Waals surface area contributed by atoms with Crippen LogP contribution in [0.3, 0.4) is 0 Å². The van der Waals surface area contributed by atoms with E-state index in [1.807, 2.05) is 48.2 Å². The number of aromatic nitrogens is 1. The largest absolute Gasteiger partial charge is 0.355 e. The minimum atomic E-state index is -1.21. The van der Waals surface area contributed by atoms with E-state index in [-0.39, 0.29) is 11.9 Å². The molecular weight excluding hydrogens is 468 g/mol. The van der Waals surface area contributed by atoms with E-state index in [2.05, 4.69) is 39.2 Å². The van der Waals surface area contributed by atoms with Gasteiger partial charge in [-0.25, -0.2) is 4.79 Å². The molecule has 3 heterocycles. The van der Waals surface area contributed by atoms with Gasteiger partial charge in [-0.05, 0) is 49.1 Å². The molecule has 0 unspecified atom stereocenters. The number of para-hydroxylation sites is 1. The van der Waals surface area contributed by atoms with E-state index in [0.717, 1.165) is 50.7 Å². The minimum Gasteiger partial charge on any atom is -0.355 e. The number of fused-ring (bicyclic) bond motifs is 6. The number of nitrogens with one attached hydrogen (secondary N) is 2. The van der Waals surface area contributed by atoms with Gasteiger partial charge in [0.15, 0.2) is 5.54 Å². The summed E-state index contributed by atoms with van der Waals surface area (Å²) in [7, 11) is 0. The average Bonchev–Trinajstić information content (AvgIpc) is 3.28. The van der Waals surface area contributed by atoms with Crippen LogP contribution >= 0.6 is 15.9 Å². The monoisotopic (exact) mass is 494 g/mol. The Hall–Kier alpha value is -2.80. The van der Waals surface area contributed by atoms with Crippen LogP contribution in [0.2, 0.25) is 0 Å². The lowest BCUT2D eigenvalue weighted by molar-refractivity contribution is -0.126. The van der Waals surface area contributed by atoms with Gasteiger partial charge in [0.2, 0.25) is 0 Å². The fourth-order valence-electron chi connectivity index (χ4n) is 5.28. The second-order valence-corrected chi connectivity index (χ2v) is 9.40. The zero-order valence-electron chi connectivity index (χ0n) is 18.4. The van der Waals surface area contributed by atoms with Crippen LogP contribution in [-0.2, 0) is 16.8 Å². The highest BCUT2D eigenvalue weighted by atomic mass is 79.9. The lowest BCUT2D eigenvalue weighted by atomic mass is 9.80. The number of hydrogen-bond donors (Lipinski definition) is 2. The first kappa shape index (κ1) is 21.1. The first-order valence-corrected chi connectivity index (χ1v) is 12.1. The van der Waals surface area contributed by atoms with Gasteiger partial charge in [-0.15, -0.1) is 0 Å². The van der Waals surface area contributed by atoms with Crippen LogP contribution in [0.4, 0.5) is 10.5 Å². The Balaban J connectivity index is 1.82. The topological polar surface area (TPSA) is 68.4 Å². The molecule has 6 nitrogen and oxygen atoms in total. The van der Waals surface area contributed by atoms with Crippen molar-refractivity contribution in [3.63, 3.8) is 0 Å². The molecule has 5 rings (SSSR count). The molecule has 0 aliphatic carbocycles. The summed E-state index contributed by atoms with van der Waals surface area (Å²) >= 11 is 3.61. The molecule has 0 bridgehead atoms. The van der Waals surface area contributed by atoms with Crippen LogP contribution in [-0.4, -0.2) is 41.5 Å². The highest BCUT2D eigenvalue weighted by Crippen LogP contribution is 2.52. The smallest absolute Gasteiger partial charge is 0.318 e. The zero-order chi connectivity index (χ0) is 22.5. The Morgan fingerprint density at radius 2 is 2.00 bits per heavy atom. The van der Waals surface area contributed by atoms with Crippen molar-refractivity contribution in [2.24, 2.45) is 0 Å². The van der Waals surface area contributed by atoms with Crippen LogP contribution in [0.5, 0.6) is 0 Å². The van der Waals surface area contributed by atoms with Crippen LogP contribution in [0, 0.1) is 0 Å². The maximum Gasteiger partial charge on any atom is 0.318 e. The van der Waals surface area contributed by atoms with Gasteiger partial charge in [0.1, 0.15) is 0 Å². The second-order valence-electron chi connectivity index (χ2n) is 8.49. The molecule has 3 amide bonds. The molecule has 0 saturated carbocycles. The molecule has 0 radical (unpaired) electrons. The third-order valence-electron chi connectivity index (χ3n) is 6.58. The average molecular weight is 495 g/mol. The molecule has 2 aliphatic heterocycles. The lowest BCUT2D eigenvalue weighted by Gasteiger charge is -2.43. The highest BCUT2D eigenvalue weighted by molar-refractivity contribution is 9.10. The van der Waals surface area contributed by atoms with Crippen LogP contribution in [0.25, 0.3) is 10.9 Å². The van der Waals surface area contributed by atoms with Crippen molar-refractivity contribution in [3.8, 4) is 0 Å². The molecule has 2 N–H and O–H groups in total. The normalized spacial score (nSPS) is 19.5. The number of amides is 3. The Morgan fingerprint density at radius 1 is 1.19 bits per heavy atom. The number of urea groups is 1. The van der Waals surface area contributed by atoms with Gasteiger partial charge in [-0.2, -0.15) is 0 Å². The lowest BCUT2D eigenvalue weighted by Crippen LogP contribution is -2.61. The van der Waals surface area contributed by atoms with Crippen molar-refractivity contribution < 1.29 is 9.59 Å². The van der Waals surface area contributed by atoms with Gasteiger partial charge < -0.3 is 20.1 Å². The van der Waals surface area contributed by atoms with Crippen molar-refractivity contribution in [3.05, 3.63) is 63.8 Å². The third-order valence-corrected chi connectivity index (χ3v) is 7.07. The predicted octanol–water partition coefficient (Wildman–Crippen LogP) is 4.91. The van der Waals surface area contributed by atoms with Crippen molar-refractivity contribution in [2.75, 3.05) is 24.5 Å². The van der Waals surface area contributed by atoms with Gasteiger partial charge in [0.05, 0.1) is 11.4 Å². The van der Waals surface area contributed by atoms with E-state index in [1.165, 1.54) is 0 Å². The number of hydrogen-bond acceptors (Lipinski definition) is 2. The second kappa shape index (κ2) is 7.96.